The fraction of sp³-hybridized carbons (Fsp3) is 0.294. The number of hydrogen-bond donors (Lipinski definition) is 1. The van der Waals surface area contributed by atoms with Crippen molar-refractivity contribution in [3.8, 4) is 0 Å². The highest BCUT2D eigenvalue weighted by Crippen LogP contribution is 2.18. The summed E-state index contributed by atoms with van der Waals surface area (Å²) in [5.41, 5.74) is 3.87. The van der Waals surface area contributed by atoms with Gasteiger partial charge in [0.05, 0.1) is 0 Å². The van der Waals surface area contributed by atoms with Gasteiger partial charge in [-0.05, 0) is 47.7 Å². The highest BCUT2D eigenvalue weighted by atomic mass is 35.5. The molecule has 0 radical (unpaired) electrons. The van der Waals surface area contributed by atoms with Crippen LogP contribution in [0.1, 0.15) is 30.9 Å². The predicted octanol–water partition coefficient (Wildman–Crippen LogP) is 5.12. The Morgan fingerprint density at radius 2 is 1.79 bits per heavy atom. The van der Waals surface area contributed by atoms with E-state index in [-0.39, 0.29) is 0 Å². The molecule has 0 saturated heterocycles. The molecule has 1 N–H and O–H groups in total. The van der Waals surface area contributed by atoms with Crippen LogP contribution >= 0.6 is 11.6 Å². The predicted molar refractivity (Wildman–Crippen MR) is 84.2 cm³/mol. The zero-order valence-electron chi connectivity index (χ0n) is 11.5. The monoisotopic (exact) mass is 273 g/mol. The normalized spacial score (nSPS) is 10.7. The van der Waals surface area contributed by atoms with Crippen molar-refractivity contribution >= 4 is 17.3 Å². The second kappa shape index (κ2) is 6.63. The third-order valence-electron chi connectivity index (χ3n) is 3.21. The Morgan fingerprint density at radius 1 is 1.05 bits per heavy atom. The van der Waals surface area contributed by atoms with E-state index in [1.54, 1.807) is 0 Å². The van der Waals surface area contributed by atoms with E-state index in [1.807, 2.05) is 12.1 Å². The lowest BCUT2D eigenvalue weighted by Gasteiger charge is -2.10. The van der Waals surface area contributed by atoms with Gasteiger partial charge in [-0.1, -0.05) is 49.7 Å². The first-order valence-corrected chi connectivity index (χ1v) is 7.11. The molecular formula is C17H20ClN. The largest absolute Gasteiger partial charge is 0.385 e. The molecule has 0 aliphatic carbocycles. The van der Waals surface area contributed by atoms with Gasteiger partial charge in [0, 0.05) is 17.3 Å². The summed E-state index contributed by atoms with van der Waals surface area (Å²) in [4.78, 5) is 0. The second-order valence-corrected chi connectivity index (χ2v) is 5.52. The summed E-state index contributed by atoms with van der Waals surface area (Å²) in [6.45, 7) is 5.36. The smallest absolute Gasteiger partial charge is 0.0406 e. The summed E-state index contributed by atoms with van der Waals surface area (Å²) in [6, 6.07) is 16.7. The molecular weight excluding hydrogens is 254 g/mol. The first-order chi connectivity index (χ1) is 9.15. The molecule has 0 spiro atoms. The molecule has 2 aromatic carbocycles. The molecule has 0 heterocycles. The van der Waals surface area contributed by atoms with Gasteiger partial charge in [0.1, 0.15) is 0 Å². The summed E-state index contributed by atoms with van der Waals surface area (Å²) in [6.07, 6.45) is 1.00. The van der Waals surface area contributed by atoms with E-state index >= 15 is 0 Å². The van der Waals surface area contributed by atoms with Crippen LogP contribution < -0.4 is 5.32 Å². The third kappa shape index (κ3) is 4.29. The highest BCUT2D eigenvalue weighted by molar-refractivity contribution is 6.30. The average Bonchev–Trinajstić information content (AvgIpc) is 2.41. The van der Waals surface area contributed by atoms with Crippen LogP contribution in [0.5, 0.6) is 0 Å². The Kier molecular flexibility index (Phi) is 4.86. The molecule has 0 atom stereocenters. The first-order valence-electron chi connectivity index (χ1n) is 6.73. The Bertz CT molecular complexity index is 517. The van der Waals surface area contributed by atoms with Crippen LogP contribution in [0, 0.1) is 0 Å². The van der Waals surface area contributed by atoms with Gasteiger partial charge in [-0.2, -0.15) is 0 Å². The van der Waals surface area contributed by atoms with Crippen molar-refractivity contribution in [2.24, 2.45) is 0 Å². The molecule has 2 heteroatoms. The molecule has 19 heavy (non-hydrogen) atoms. The molecule has 0 fully saturated rings. The maximum Gasteiger partial charge on any atom is 0.0406 e. The van der Waals surface area contributed by atoms with Gasteiger partial charge in [-0.25, -0.2) is 0 Å². The Balaban J connectivity index is 1.88. The maximum absolute atomic E-state index is 5.87. The molecule has 0 saturated carbocycles. The lowest BCUT2D eigenvalue weighted by Crippen LogP contribution is -2.05. The Labute approximate surface area is 120 Å². The minimum atomic E-state index is 0.568. The summed E-state index contributed by atoms with van der Waals surface area (Å²) >= 11 is 5.87. The Morgan fingerprint density at radius 3 is 2.47 bits per heavy atom. The van der Waals surface area contributed by atoms with E-state index in [0.29, 0.717) is 5.92 Å². The molecule has 100 valence electrons. The molecule has 0 amide bonds. The van der Waals surface area contributed by atoms with Crippen LogP contribution in [0.3, 0.4) is 0 Å². The molecule has 0 unspecified atom stereocenters. The van der Waals surface area contributed by atoms with Crippen LogP contribution in [0.2, 0.25) is 5.02 Å². The van der Waals surface area contributed by atoms with Gasteiger partial charge in [0.15, 0.2) is 0 Å². The maximum atomic E-state index is 5.87. The number of anilines is 1. The minimum Gasteiger partial charge on any atom is -0.385 e. The van der Waals surface area contributed by atoms with Gasteiger partial charge < -0.3 is 5.32 Å². The SMILES string of the molecule is CC(C)c1cccc(NCCc2ccc(Cl)cc2)c1. The highest BCUT2D eigenvalue weighted by Gasteiger charge is 2.00. The van der Waals surface area contributed by atoms with E-state index in [2.05, 4.69) is 55.6 Å². The topological polar surface area (TPSA) is 12.0 Å². The second-order valence-electron chi connectivity index (χ2n) is 5.08. The van der Waals surface area contributed by atoms with Crippen molar-refractivity contribution in [2.45, 2.75) is 26.2 Å². The van der Waals surface area contributed by atoms with Crippen LogP contribution in [0.4, 0.5) is 5.69 Å². The van der Waals surface area contributed by atoms with E-state index in [9.17, 15) is 0 Å². The molecule has 1 nitrogen and oxygen atoms in total. The molecule has 2 aromatic rings. The molecule has 0 aliphatic heterocycles. The van der Waals surface area contributed by atoms with Crippen molar-refractivity contribution in [3.63, 3.8) is 0 Å². The van der Waals surface area contributed by atoms with Crippen LogP contribution in [0.15, 0.2) is 48.5 Å². The zero-order valence-corrected chi connectivity index (χ0v) is 12.2. The van der Waals surface area contributed by atoms with Crippen molar-refractivity contribution in [1.29, 1.82) is 0 Å². The van der Waals surface area contributed by atoms with Gasteiger partial charge in [-0.3, -0.25) is 0 Å². The molecule has 0 aliphatic rings. The van der Waals surface area contributed by atoms with Gasteiger partial charge in [-0.15, -0.1) is 0 Å². The fourth-order valence-electron chi connectivity index (χ4n) is 2.01. The summed E-state index contributed by atoms with van der Waals surface area (Å²) < 4.78 is 0. The van der Waals surface area contributed by atoms with Gasteiger partial charge >= 0.3 is 0 Å². The summed E-state index contributed by atoms with van der Waals surface area (Å²) in [5.74, 6) is 0.568. The van der Waals surface area contributed by atoms with Crippen LogP contribution in [-0.4, -0.2) is 6.54 Å². The first kappa shape index (κ1) is 14.0. The number of nitrogens with one attached hydrogen (secondary N) is 1. The average molecular weight is 274 g/mol. The number of halogens is 1. The number of hydrogen-bond acceptors (Lipinski definition) is 1. The third-order valence-corrected chi connectivity index (χ3v) is 3.46. The zero-order chi connectivity index (χ0) is 13.7. The lowest BCUT2D eigenvalue weighted by atomic mass is 10.0. The van der Waals surface area contributed by atoms with Crippen molar-refractivity contribution < 1.29 is 0 Å². The van der Waals surface area contributed by atoms with Crippen molar-refractivity contribution in [2.75, 3.05) is 11.9 Å². The molecule has 2 rings (SSSR count). The Hall–Kier alpha value is -1.47. The minimum absolute atomic E-state index is 0.568. The fourth-order valence-corrected chi connectivity index (χ4v) is 2.14. The van der Waals surface area contributed by atoms with E-state index in [0.717, 1.165) is 18.0 Å². The summed E-state index contributed by atoms with van der Waals surface area (Å²) in [7, 11) is 0. The standard InChI is InChI=1S/C17H20ClN/c1-13(2)15-4-3-5-17(12-15)19-11-10-14-6-8-16(18)9-7-14/h3-9,12-13,19H,10-11H2,1-2H3. The quantitative estimate of drug-likeness (QED) is 0.797. The van der Waals surface area contributed by atoms with E-state index < -0.39 is 0 Å². The van der Waals surface area contributed by atoms with Crippen molar-refractivity contribution in [3.05, 3.63) is 64.7 Å². The van der Waals surface area contributed by atoms with Crippen LogP contribution in [0.25, 0.3) is 0 Å². The number of rotatable bonds is 5. The van der Waals surface area contributed by atoms with E-state index in [4.69, 9.17) is 11.6 Å². The van der Waals surface area contributed by atoms with Crippen molar-refractivity contribution in [1.82, 2.24) is 0 Å². The van der Waals surface area contributed by atoms with E-state index in [1.165, 1.54) is 16.8 Å². The molecule has 0 aromatic heterocycles. The van der Waals surface area contributed by atoms with Gasteiger partial charge in [0.2, 0.25) is 0 Å². The molecule has 0 bridgehead atoms. The number of benzene rings is 2. The summed E-state index contributed by atoms with van der Waals surface area (Å²) in [5, 5.41) is 4.26. The van der Waals surface area contributed by atoms with Crippen LogP contribution in [-0.2, 0) is 6.42 Å². The van der Waals surface area contributed by atoms with Gasteiger partial charge in [0.25, 0.3) is 0 Å². The lowest BCUT2D eigenvalue weighted by molar-refractivity contribution is 0.866.